The summed E-state index contributed by atoms with van der Waals surface area (Å²) in [4.78, 5) is 31.8. The Balaban J connectivity index is 1.53. The third-order valence-electron chi connectivity index (χ3n) is 13.8. The van der Waals surface area contributed by atoms with Gasteiger partial charge in [0.2, 0.25) is 0 Å². The maximum atomic E-state index is 15.9. The van der Waals surface area contributed by atoms with Crippen LogP contribution in [0.1, 0.15) is 101 Å². The lowest BCUT2D eigenvalue weighted by Crippen LogP contribution is -2.37. The van der Waals surface area contributed by atoms with Crippen molar-refractivity contribution < 1.29 is 28.5 Å². The summed E-state index contributed by atoms with van der Waals surface area (Å²) in [6.07, 6.45) is 5.00. The number of fused-ring (bicyclic) bond motifs is 3. The van der Waals surface area contributed by atoms with E-state index in [2.05, 4.69) is 77.9 Å². The Bertz CT molecular complexity index is 2370. The zero-order valence-corrected chi connectivity index (χ0v) is 36.5. The van der Waals surface area contributed by atoms with E-state index in [1.54, 1.807) is 14.2 Å². The van der Waals surface area contributed by atoms with Crippen molar-refractivity contribution in [2.75, 3.05) is 14.2 Å². The van der Waals surface area contributed by atoms with Gasteiger partial charge in [-0.15, -0.1) is 0 Å². The number of hydrogen-bond donors (Lipinski definition) is 0. The van der Waals surface area contributed by atoms with Crippen LogP contribution in [0.5, 0.6) is 11.5 Å². The molecule has 6 atom stereocenters. The van der Waals surface area contributed by atoms with E-state index in [1.807, 2.05) is 60.7 Å². The number of esters is 2. The van der Waals surface area contributed by atoms with Gasteiger partial charge in [-0.25, -0.2) is 9.59 Å². The van der Waals surface area contributed by atoms with Gasteiger partial charge < -0.3 is 18.9 Å². The Morgan fingerprint density at radius 2 is 0.850 bits per heavy atom. The minimum Gasteiger partial charge on any atom is -0.496 e. The highest BCUT2D eigenvalue weighted by molar-refractivity contribution is 6.26. The van der Waals surface area contributed by atoms with Crippen LogP contribution >= 0.6 is 0 Å². The summed E-state index contributed by atoms with van der Waals surface area (Å²) >= 11 is 0. The van der Waals surface area contributed by atoms with Gasteiger partial charge in [0, 0.05) is 22.3 Å². The number of ether oxygens (including phenoxy) is 4. The van der Waals surface area contributed by atoms with Gasteiger partial charge in [0.15, 0.2) is 0 Å². The molecule has 0 N–H and O–H groups in total. The predicted molar refractivity (Wildman–Crippen MR) is 244 cm³/mol. The Morgan fingerprint density at radius 3 is 1.22 bits per heavy atom. The van der Waals surface area contributed by atoms with Gasteiger partial charge in [0.1, 0.15) is 23.7 Å². The molecule has 0 heterocycles. The minimum absolute atomic E-state index is 0.185. The molecule has 2 fully saturated rings. The van der Waals surface area contributed by atoms with E-state index in [-0.39, 0.29) is 35.2 Å². The monoisotopic (exact) mass is 804 g/mol. The van der Waals surface area contributed by atoms with Crippen LogP contribution in [0.15, 0.2) is 97.1 Å². The standard InChI is InChI=1S/C54H60O6/c1-31(2)37-25-21-33(5)29-45(37)59-53(55)51-49(47-39-17-11-9-15-35(39)23-27-43(47)57-7)41-19-13-14-20-42(41)50(48-40-18-12-10-16-36(40)24-28-44(48)58-8)52(51)54(56)60-46-30-34(6)22-26-38(46)32(3)4/h9-20,23-24,27-28,31-34,37-38,45-46H,21-22,25-26,29-30H2,1-8H3. The first-order valence-corrected chi connectivity index (χ1v) is 22.1. The lowest BCUT2D eigenvalue weighted by Gasteiger charge is -2.38. The highest BCUT2D eigenvalue weighted by atomic mass is 16.6. The molecule has 0 amide bonds. The number of carbonyl (C=O) groups is 2. The SMILES string of the molecule is COc1ccc2ccccc2c1-c1c(C(=O)OC2CC(C)CCC2C(C)C)c(C(=O)OC2CC(C)CCC2C(C)C)c(-c2c(OC)ccc3ccccc23)c2ccccc12. The van der Waals surface area contributed by atoms with E-state index >= 15 is 9.59 Å². The predicted octanol–water partition coefficient (Wildman–Crippen LogP) is 13.7. The number of hydrogen-bond acceptors (Lipinski definition) is 6. The molecule has 0 spiro atoms. The summed E-state index contributed by atoms with van der Waals surface area (Å²) in [5, 5.41) is 5.36. The molecule has 2 aliphatic rings. The topological polar surface area (TPSA) is 71.1 Å². The maximum absolute atomic E-state index is 15.9. The van der Waals surface area contributed by atoms with E-state index in [9.17, 15) is 0 Å². The lowest BCUT2D eigenvalue weighted by molar-refractivity contribution is -0.0210. The molecule has 0 aromatic heterocycles. The number of methoxy groups -OCH3 is 2. The van der Waals surface area contributed by atoms with Crippen molar-refractivity contribution in [3.05, 3.63) is 108 Å². The first-order chi connectivity index (χ1) is 29.0. The molecule has 6 aromatic rings. The van der Waals surface area contributed by atoms with Crippen molar-refractivity contribution in [3.8, 4) is 33.8 Å². The lowest BCUT2D eigenvalue weighted by atomic mass is 9.75. The van der Waals surface area contributed by atoms with Crippen LogP contribution in [0.25, 0.3) is 54.6 Å². The van der Waals surface area contributed by atoms with Gasteiger partial charge >= 0.3 is 11.9 Å². The third kappa shape index (κ3) is 7.63. The van der Waals surface area contributed by atoms with Crippen molar-refractivity contribution in [2.24, 2.45) is 35.5 Å². The second kappa shape index (κ2) is 17.3. The summed E-state index contributed by atoms with van der Waals surface area (Å²) < 4.78 is 26.2. The first-order valence-electron chi connectivity index (χ1n) is 22.1. The Morgan fingerprint density at radius 1 is 0.483 bits per heavy atom. The Labute approximate surface area is 355 Å². The Hall–Kier alpha value is -5.36. The van der Waals surface area contributed by atoms with Gasteiger partial charge in [-0.05, 0) is 106 Å². The Kier molecular flexibility index (Phi) is 11.9. The van der Waals surface area contributed by atoms with Crippen LogP contribution in [0.4, 0.5) is 0 Å². The van der Waals surface area contributed by atoms with Crippen LogP contribution < -0.4 is 9.47 Å². The molecule has 0 saturated heterocycles. The average molecular weight is 805 g/mol. The smallest absolute Gasteiger partial charge is 0.339 e. The van der Waals surface area contributed by atoms with E-state index < -0.39 is 11.9 Å². The molecule has 0 radical (unpaired) electrons. The molecule has 2 aliphatic carbocycles. The van der Waals surface area contributed by atoms with E-state index in [0.29, 0.717) is 46.3 Å². The molecule has 6 heteroatoms. The van der Waals surface area contributed by atoms with Gasteiger partial charge in [0.25, 0.3) is 0 Å². The minimum atomic E-state index is -0.527. The molecule has 312 valence electrons. The zero-order valence-electron chi connectivity index (χ0n) is 36.5. The highest BCUT2D eigenvalue weighted by Crippen LogP contribution is 2.51. The van der Waals surface area contributed by atoms with Crippen molar-refractivity contribution in [2.45, 2.75) is 92.3 Å². The summed E-state index contributed by atoms with van der Waals surface area (Å²) in [6, 6.07) is 32.4. The highest BCUT2D eigenvalue weighted by Gasteiger charge is 2.40. The molecule has 6 aromatic carbocycles. The van der Waals surface area contributed by atoms with E-state index in [1.165, 1.54) is 0 Å². The van der Waals surface area contributed by atoms with Crippen molar-refractivity contribution in [1.29, 1.82) is 0 Å². The van der Waals surface area contributed by atoms with E-state index in [0.717, 1.165) is 82.0 Å². The van der Waals surface area contributed by atoms with Gasteiger partial charge in [0.05, 0.1) is 25.3 Å². The van der Waals surface area contributed by atoms with Crippen LogP contribution in [0, 0.1) is 35.5 Å². The number of benzene rings is 6. The first kappa shape index (κ1) is 41.4. The largest absolute Gasteiger partial charge is 0.496 e. The van der Waals surface area contributed by atoms with E-state index in [4.69, 9.17) is 18.9 Å². The van der Waals surface area contributed by atoms with Crippen molar-refractivity contribution in [3.63, 3.8) is 0 Å². The fourth-order valence-corrected chi connectivity index (χ4v) is 10.6. The molecule has 6 unspecified atom stereocenters. The number of rotatable bonds is 10. The second-order valence-electron chi connectivity index (χ2n) is 18.3. The van der Waals surface area contributed by atoms with Gasteiger partial charge in [-0.1, -0.05) is 139 Å². The second-order valence-corrected chi connectivity index (χ2v) is 18.3. The molecular weight excluding hydrogens is 745 g/mol. The van der Waals surface area contributed by atoms with Crippen LogP contribution in [0.2, 0.25) is 0 Å². The van der Waals surface area contributed by atoms with Crippen molar-refractivity contribution >= 4 is 44.3 Å². The maximum Gasteiger partial charge on any atom is 0.339 e. The summed E-state index contributed by atoms with van der Waals surface area (Å²) in [5.41, 5.74) is 3.05. The molecule has 60 heavy (non-hydrogen) atoms. The molecule has 0 bridgehead atoms. The van der Waals surface area contributed by atoms with Crippen LogP contribution in [0.3, 0.4) is 0 Å². The number of carbonyl (C=O) groups excluding carboxylic acids is 2. The van der Waals surface area contributed by atoms with Crippen LogP contribution in [-0.4, -0.2) is 38.4 Å². The summed E-state index contributed by atoms with van der Waals surface area (Å²) in [6.45, 7) is 13.3. The fourth-order valence-electron chi connectivity index (χ4n) is 10.6. The third-order valence-corrected chi connectivity index (χ3v) is 13.8. The molecule has 2 saturated carbocycles. The molecule has 0 aliphatic heterocycles. The zero-order chi connectivity index (χ0) is 42.2. The normalized spacial score (nSPS) is 22.0. The quantitative estimate of drug-likeness (QED) is 0.128. The summed E-state index contributed by atoms with van der Waals surface area (Å²) in [7, 11) is 3.32. The van der Waals surface area contributed by atoms with Gasteiger partial charge in [-0.2, -0.15) is 0 Å². The molecule has 6 nitrogen and oxygen atoms in total. The molecule has 8 rings (SSSR count). The summed E-state index contributed by atoms with van der Waals surface area (Å²) in [5.74, 6) is 1.91. The average Bonchev–Trinajstić information content (AvgIpc) is 3.24. The van der Waals surface area contributed by atoms with Gasteiger partial charge in [-0.3, -0.25) is 0 Å². The van der Waals surface area contributed by atoms with Crippen molar-refractivity contribution in [1.82, 2.24) is 0 Å². The fraction of sp³-hybridized carbons (Fsp3) is 0.407. The molecular formula is C54H60O6. The van der Waals surface area contributed by atoms with Crippen LogP contribution in [-0.2, 0) is 9.47 Å².